The molecule has 0 radical (unpaired) electrons. The normalized spacial score (nSPS) is 14.3. The van der Waals surface area contributed by atoms with Gasteiger partial charge in [0.25, 0.3) is 0 Å². The Hall–Kier alpha value is -3.45. The Kier molecular flexibility index (Phi) is 29.9. The van der Waals surface area contributed by atoms with Gasteiger partial charge in [0.05, 0.1) is 5.57 Å². The molecule has 0 aromatic heterocycles. The van der Waals surface area contributed by atoms with Crippen molar-refractivity contribution < 1.29 is 17.6 Å². The molecule has 0 amide bonds. The van der Waals surface area contributed by atoms with Gasteiger partial charge in [-0.3, -0.25) is 0 Å². The van der Waals surface area contributed by atoms with Gasteiger partial charge in [-0.2, -0.15) is 13.2 Å². The third kappa shape index (κ3) is 19.5. The van der Waals surface area contributed by atoms with Gasteiger partial charge in [-0.05, 0) is 168 Å². The van der Waals surface area contributed by atoms with E-state index in [2.05, 4.69) is 105 Å². The Morgan fingerprint density at radius 3 is 1.88 bits per heavy atom. The van der Waals surface area contributed by atoms with E-state index in [-0.39, 0.29) is 11.9 Å². The smallest absolute Gasteiger partial charge is 0.377 e. The number of hydrogen-bond donors (Lipinski definition) is 1. The lowest BCUT2D eigenvalue weighted by Crippen LogP contribution is -2.38. The summed E-state index contributed by atoms with van der Waals surface area (Å²) in [6.45, 7) is 39.2. The Labute approximate surface area is 354 Å². The van der Waals surface area contributed by atoms with Gasteiger partial charge in [0.2, 0.25) is 0 Å². The first-order chi connectivity index (χ1) is 27.4. The lowest BCUT2D eigenvalue weighted by atomic mass is 9.85. The molecule has 0 spiro atoms. The molecule has 1 N–H and O–H groups in total. The topological polar surface area (TPSA) is 30.3 Å². The molecule has 1 saturated carbocycles. The number of aryl methyl sites for hydroxylation is 2. The third-order valence-electron chi connectivity index (χ3n) is 10.4. The van der Waals surface area contributed by atoms with Crippen molar-refractivity contribution >= 4 is 6.72 Å². The highest BCUT2D eigenvalue weighted by Crippen LogP contribution is 2.45. The van der Waals surface area contributed by atoms with Gasteiger partial charge < -0.3 is 15.2 Å². The van der Waals surface area contributed by atoms with Gasteiger partial charge in [-0.1, -0.05) is 105 Å². The maximum atomic E-state index is 15.0. The minimum atomic E-state index is -4.36. The summed E-state index contributed by atoms with van der Waals surface area (Å²) in [6.07, 6.45) is 10.6. The summed E-state index contributed by atoms with van der Waals surface area (Å²) in [5.74, 6) is 1.01. The van der Waals surface area contributed by atoms with Crippen LogP contribution in [0.3, 0.4) is 0 Å². The number of nitrogens with one attached hydrogen (secondary N) is 1. The number of nitrogens with zero attached hydrogens (tertiary/aromatic N) is 2. The number of allylic oxidation sites excluding steroid dienone is 4. The third-order valence-corrected chi connectivity index (χ3v) is 10.4. The van der Waals surface area contributed by atoms with Crippen LogP contribution in [0.25, 0.3) is 11.1 Å². The van der Waals surface area contributed by atoms with Crippen molar-refractivity contribution in [1.82, 2.24) is 9.80 Å². The van der Waals surface area contributed by atoms with Crippen molar-refractivity contribution in [1.29, 1.82) is 5.41 Å². The molecule has 2 aromatic carbocycles. The van der Waals surface area contributed by atoms with Crippen LogP contribution < -0.4 is 0 Å². The highest BCUT2D eigenvalue weighted by atomic mass is 19.4. The Balaban J connectivity index is 0. The van der Waals surface area contributed by atoms with Crippen LogP contribution >= 0.6 is 0 Å². The summed E-state index contributed by atoms with van der Waals surface area (Å²) >= 11 is 0. The van der Waals surface area contributed by atoms with Crippen LogP contribution in [0.15, 0.2) is 66.9 Å². The molecule has 2 fully saturated rings. The number of benzene rings is 2. The second-order valence-corrected chi connectivity index (χ2v) is 15.6. The zero-order valence-electron chi connectivity index (χ0n) is 39.3. The molecular weight excluding hydrogens is 731 g/mol. The SMILES string of the molecule is C=C/C=C(\C(=C/N(C)C(C)CC(C)C)CCN1CCC1)C(F)(F)F.C=CC.C=N.CC.CCCC.CCCc1c(C)c(-c2c(C)ccc(C)c2C)cc(C2CC2)c1F. The predicted molar refractivity (Wildman–Crippen MR) is 249 cm³/mol. The molecule has 2 aromatic rings. The second-order valence-electron chi connectivity index (χ2n) is 15.6. The van der Waals surface area contributed by atoms with Crippen molar-refractivity contribution in [2.45, 2.75) is 166 Å². The molecule has 58 heavy (non-hydrogen) atoms. The maximum Gasteiger partial charge on any atom is 0.416 e. The van der Waals surface area contributed by atoms with Crippen LogP contribution in [0.4, 0.5) is 17.6 Å². The fraction of sp³-hybridized carbons (Fsp3) is 0.588. The quantitative estimate of drug-likeness (QED) is 0.0891. The minimum Gasteiger partial charge on any atom is -0.377 e. The van der Waals surface area contributed by atoms with Crippen LogP contribution in [0.1, 0.15) is 153 Å². The number of halogens is 4. The molecule has 1 heterocycles. The summed E-state index contributed by atoms with van der Waals surface area (Å²) in [6, 6.07) is 6.72. The van der Waals surface area contributed by atoms with E-state index in [1.54, 1.807) is 12.3 Å². The number of likely N-dealkylation sites (tertiary alicyclic amines) is 1. The summed E-state index contributed by atoms with van der Waals surface area (Å²) in [7, 11) is 1.86. The highest BCUT2D eigenvalue weighted by Gasteiger charge is 2.36. The van der Waals surface area contributed by atoms with Crippen LogP contribution in [-0.4, -0.2) is 55.4 Å². The summed E-state index contributed by atoms with van der Waals surface area (Å²) in [5, 5.41) is 5.50. The number of rotatable bonds is 14. The molecule has 1 aliphatic heterocycles. The van der Waals surface area contributed by atoms with Crippen LogP contribution in [0.2, 0.25) is 0 Å². The Bertz CT molecular complexity index is 1530. The summed E-state index contributed by atoms with van der Waals surface area (Å²) in [5.41, 5.74) is 9.24. The van der Waals surface area contributed by atoms with Gasteiger partial charge >= 0.3 is 6.18 Å². The first-order valence-electron chi connectivity index (χ1n) is 21.8. The first kappa shape index (κ1) is 56.6. The standard InChI is InChI=1S/C22H27F.C19H31F3N2.C4H10.C3H6.C2H6.CH3N/c1-6-7-18-16(5)19(12-20(22(18)23)17-10-11-17)21-14(3)9-8-13(2)15(21)4;1-6-8-18(19(20,21)22)17(9-12-24-10-7-11-24)14-23(5)16(4)13-15(2)3;1-3-4-2;1-3-2;2*1-2/h8-9,12,17H,6-7,10-11H2,1-5H3;6,8,14-16H,1,7,9-13H2,2-5H3;3-4H2,1-2H3;3H,1H2,2H3;1-2H3;2H,1H2/b;17-14-,18-8+;;;;. The molecule has 1 aliphatic carbocycles. The van der Waals surface area contributed by atoms with E-state index in [1.165, 1.54) is 46.7 Å². The second kappa shape index (κ2) is 30.6. The largest absolute Gasteiger partial charge is 0.416 e. The van der Waals surface area contributed by atoms with Gasteiger partial charge in [0.1, 0.15) is 5.82 Å². The van der Waals surface area contributed by atoms with Gasteiger partial charge in [0, 0.05) is 25.8 Å². The minimum absolute atomic E-state index is 0.0681. The zero-order valence-corrected chi connectivity index (χ0v) is 39.3. The van der Waals surface area contributed by atoms with Gasteiger partial charge in [0.15, 0.2) is 0 Å². The molecule has 1 saturated heterocycles. The van der Waals surface area contributed by atoms with E-state index in [9.17, 15) is 17.6 Å². The molecule has 1 unspecified atom stereocenters. The van der Waals surface area contributed by atoms with E-state index in [4.69, 9.17) is 5.41 Å². The lowest BCUT2D eigenvalue weighted by Gasteiger charge is -2.32. The fourth-order valence-electron chi connectivity index (χ4n) is 6.57. The first-order valence-corrected chi connectivity index (χ1v) is 21.8. The Morgan fingerprint density at radius 2 is 1.47 bits per heavy atom. The number of alkyl halides is 3. The van der Waals surface area contributed by atoms with Crippen molar-refractivity contribution in [2.75, 3.05) is 26.7 Å². The van der Waals surface area contributed by atoms with Crippen molar-refractivity contribution in [2.24, 2.45) is 5.92 Å². The zero-order chi connectivity index (χ0) is 45.2. The fourth-order valence-corrected chi connectivity index (χ4v) is 6.57. The van der Waals surface area contributed by atoms with E-state index in [0.717, 1.165) is 74.4 Å². The average Bonchev–Trinajstić information content (AvgIpc) is 4.01. The Morgan fingerprint density at radius 1 is 0.931 bits per heavy atom. The van der Waals surface area contributed by atoms with Gasteiger partial charge in [-0.25, -0.2) is 4.39 Å². The average molecular weight is 814 g/mol. The molecule has 7 heteroatoms. The van der Waals surface area contributed by atoms with Crippen molar-refractivity contribution in [3.8, 4) is 11.1 Å². The maximum absolute atomic E-state index is 15.0. The highest BCUT2D eigenvalue weighted by molar-refractivity contribution is 5.76. The predicted octanol–water partition coefficient (Wildman–Crippen LogP) is 15.9. The van der Waals surface area contributed by atoms with E-state index < -0.39 is 11.7 Å². The van der Waals surface area contributed by atoms with Crippen molar-refractivity contribution in [3.05, 3.63) is 106 Å². The van der Waals surface area contributed by atoms with Gasteiger partial charge in [-0.15, -0.1) is 6.58 Å². The van der Waals surface area contributed by atoms with Crippen LogP contribution in [-0.2, 0) is 6.42 Å². The monoisotopic (exact) mass is 814 g/mol. The van der Waals surface area contributed by atoms with Crippen molar-refractivity contribution in [3.63, 3.8) is 0 Å². The molecule has 2 aliphatic rings. The van der Waals surface area contributed by atoms with E-state index in [1.807, 2.05) is 39.6 Å². The molecule has 330 valence electrons. The lowest BCUT2D eigenvalue weighted by molar-refractivity contribution is -0.0898. The summed E-state index contributed by atoms with van der Waals surface area (Å²) in [4.78, 5) is 4.10. The molecule has 1 atom stereocenters. The molecule has 4 rings (SSSR count). The molecular formula is C51H83F4N3. The number of unbranched alkanes of at least 4 members (excludes halogenated alkanes) is 1. The molecule has 0 bridgehead atoms. The van der Waals surface area contributed by atoms with E-state index >= 15 is 0 Å². The molecule has 3 nitrogen and oxygen atoms in total. The number of hydrogen-bond acceptors (Lipinski definition) is 3. The van der Waals surface area contributed by atoms with Crippen LogP contribution in [0.5, 0.6) is 0 Å². The van der Waals surface area contributed by atoms with Crippen LogP contribution in [0, 0.1) is 44.8 Å². The summed E-state index contributed by atoms with van der Waals surface area (Å²) < 4.78 is 55.3. The van der Waals surface area contributed by atoms with E-state index in [0.29, 0.717) is 30.4 Å².